The number of hydrogen-bond acceptors (Lipinski definition) is 1. The molecule has 1 rings (SSSR count). The molecule has 0 aliphatic heterocycles. The Morgan fingerprint density at radius 2 is 1.52 bits per heavy atom. The maximum atomic E-state index is 13.0. The Morgan fingerprint density at radius 1 is 0.952 bits per heavy atom. The molecule has 0 aromatic rings. The highest BCUT2D eigenvalue weighted by Gasteiger charge is 2.47. The van der Waals surface area contributed by atoms with Crippen LogP contribution in [0, 0.1) is 11.8 Å². The van der Waals surface area contributed by atoms with Gasteiger partial charge in [-0.05, 0) is 19.3 Å². The minimum Gasteiger partial charge on any atom is -0.299 e. The van der Waals surface area contributed by atoms with Crippen LogP contribution in [0.5, 0.6) is 0 Å². The highest BCUT2D eigenvalue weighted by Crippen LogP contribution is 2.42. The van der Waals surface area contributed by atoms with Crippen LogP contribution in [0.2, 0.25) is 0 Å². The molecule has 1 fully saturated rings. The van der Waals surface area contributed by atoms with Crippen molar-refractivity contribution in [3.63, 3.8) is 0 Å². The van der Waals surface area contributed by atoms with Gasteiger partial charge in [0.15, 0.2) is 0 Å². The first-order chi connectivity index (χ1) is 9.96. The molecule has 0 spiro atoms. The van der Waals surface area contributed by atoms with Gasteiger partial charge in [-0.25, -0.2) is 0 Å². The molecule has 0 amide bonds. The van der Waals surface area contributed by atoms with Gasteiger partial charge in [-0.2, -0.15) is 13.2 Å². The third-order valence-corrected chi connectivity index (χ3v) is 4.63. The van der Waals surface area contributed by atoms with Gasteiger partial charge in [0.1, 0.15) is 5.78 Å². The molecular weight excluding hydrogens is 277 g/mol. The van der Waals surface area contributed by atoms with Crippen LogP contribution < -0.4 is 0 Å². The van der Waals surface area contributed by atoms with Crippen LogP contribution in [0.15, 0.2) is 0 Å². The highest BCUT2D eigenvalue weighted by molar-refractivity contribution is 5.81. The summed E-state index contributed by atoms with van der Waals surface area (Å²) in [5.74, 6) is -2.30. The lowest BCUT2D eigenvalue weighted by molar-refractivity contribution is -0.197. The maximum absolute atomic E-state index is 13.0. The van der Waals surface area contributed by atoms with E-state index in [0.29, 0.717) is 19.3 Å². The monoisotopic (exact) mass is 306 g/mol. The number of alkyl halides is 3. The molecule has 0 heterocycles. The van der Waals surface area contributed by atoms with Crippen LogP contribution in [-0.4, -0.2) is 12.0 Å². The lowest BCUT2D eigenvalue weighted by Gasteiger charge is -2.32. The SMILES string of the molecule is CCCCCCCCCC(=O)C1CCCCC1C(F)(F)F. The zero-order valence-electron chi connectivity index (χ0n) is 13.2. The van der Waals surface area contributed by atoms with Crippen molar-refractivity contribution in [1.82, 2.24) is 0 Å². The van der Waals surface area contributed by atoms with Crippen molar-refractivity contribution >= 4 is 5.78 Å². The summed E-state index contributed by atoms with van der Waals surface area (Å²) in [6.45, 7) is 2.17. The Labute approximate surface area is 126 Å². The van der Waals surface area contributed by atoms with Crippen molar-refractivity contribution in [3.8, 4) is 0 Å². The van der Waals surface area contributed by atoms with Crippen molar-refractivity contribution in [2.75, 3.05) is 0 Å². The smallest absolute Gasteiger partial charge is 0.299 e. The summed E-state index contributed by atoms with van der Waals surface area (Å²) in [4.78, 5) is 12.1. The van der Waals surface area contributed by atoms with E-state index < -0.39 is 18.0 Å². The van der Waals surface area contributed by atoms with Gasteiger partial charge in [0.2, 0.25) is 0 Å². The molecule has 2 atom stereocenters. The van der Waals surface area contributed by atoms with Crippen LogP contribution in [0.3, 0.4) is 0 Å². The number of unbranched alkanes of at least 4 members (excludes halogenated alkanes) is 6. The van der Waals surface area contributed by atoms with Crippen molar-refractivity contribution in [2.24, 2.45) is 11.8 Å². The largest absolute Gasteiger partial charge is 0.392 e. The van der Waals surface area contributed by atoms with E-state index in [1.165, 1.54) is 25.7 Å². The van der Waals surface area contributed by atoms with Gasteiger partial charge < -0.3 is 0 Å². The summed E-state index contributed by atoms with van der Waals surface area (Å²) in [5, 5.41) is 0. The molecule has 0 aromatic carbocycles. The fourth-order valence-electron chi connectivity index (χ4n) is 3.35. The standard InChI is InChI=1S/C17H29F3O/c1-2-3-4-5-6-7-8-13-16(21)14-11-9-10-12-15(14)17(18,19)20/h14-15H,2-13H2,1H3. The quantitative estimate of drug-likeness (QED) is 0.473. The minimum absolute atomic E-state index is 0.136. The predicted molar refractivity (Wildman–Crippen MR) is 79.1 cm³/mol. The molecular formula is C17H29F3O. The maximum Gasteiger partial charge on any atom is 0.392 e. The Balaban J connectivity index is 2.26. The molecule has 0 aromatic heterocycles. The summed E-state index contributed by atoms with van der Waals surface area (Å²) in [5.41, 5.74) is 0. The topological polar surface area (TPSA) is 17.1 Å². The third-order valence-electron chi connectivity index (χ3n) is 4.63. The first-order valence-corrected chi connectivity index (χ1v) is 8.56. The second kappa shape index (κ2) is 9.47. The Hall–Kier alpha value is -0.540. The summed E-state index contributed by atoms with van der Waals surface area (Å²) < 4.78 is 38.9. The van der Waals surface area contributed by atoms with E-state index in [0.717, 1.165) is 25.7 Å². The van der Waals surface area contributed by atoms with E-state index in [2.05, 4.69) is 6.92 Å². The summed E-state index contributed by atoms with van der Waals surface area (Å²) in [6, 6.07) is 0. The summed E-state index contributed by atoms with van der Waals surface area (Å²) in [7, 11) is 0. The van der Waals surface area contributed by atoms with Gasteiger partial charge in [0.05, 0.1) is 5.92 Å². The Bertz CT molecular complexity index is 299. The van der Waals surface area contributed by atoms with Gasteiger partial charge in [-0.15, -0.1) is 0 Å². The van der Waals surface area contributed by atoms with E-state index in [4.69, 9.17) is 0 Å². The van der Waals surface area contributed by atoms with Gasteiger partial charge >= 0.3 is 6.18 Å². The minimum atomic E-state index is -4.21. The zero-order chi connectivity index (χ0) is 15.7. The van der Waals surface area contributed by atoms with Crippen molar-refractivity contribution < 1.29 is 18.0 Å². The van der Waals surface area contributed by atoms with Crippen molar-refractivity contribution in [3.05, 3.63) is 0 Å². The Kier molecular flexibility index (Phi) is 8.35. The number of rotatable bonds is 9. The third kappa shape index (κ3) is 6.84. The van der Waals surface area contributed by atoms with Crippen LogP contribution in [0.1, 0.15) is 84.0 Å². The van der Waals surface area contributed by atoms with Crippen LogP contribution in [-0.2, 0) is 4.79 Å². The first-order valence-electron chi connectivity index (χ1n) is 8.56. The number of halogens is 3. The van der Waals surface area contributed by atoms with E-state index in [-0.39, 0.29) is 12.2 Å². The average Bonchev–Trinajstić information content (AvgIpc) is 2.45. The lowest BCUT2D eigenvalue weighted by atomic mass is 9.75. The second-order valence-electron chi connectivity index (χ2n) is 6.38. The molecule has 2 unspecified atom stereocenters. The van der Waals surface area contributed by atoms with Crippen molar-refractivity contribution in [1.29, 1.82) is 0 Å². The number of hydrogen-bond donors (Lipinski definition) is 0. The van der Waals surface area contributed by atoms with Crippen LogP contribution in [0.4, 0.5) is 13.2 Å². The fourth-order valence-corrected chi connectivity index (χ4v) is 3.35. The molecule has 124 valence electrons. The number of carbonyl (C=O) groups is 1. The van der Waals surface area contributed by atoms with Crippen LogP contribution in [0.25, 0.3) is 0 Å². The molecule has 0 radical (unpaired) electrons. The molecule has 1 aliphatic rings. The highest BCUT2D eigenvalue weighted by atomic mass is 19.4. The lowest BCUT2D eigenvalue weighted by Crippen LogP contribution is -2.37. The van der Waals surface area contributed by atoms with E-state index in [1.807, 2.05) is 0 Å². The van der Waals surface area contributed by atoms with Gasteiger partial charge in [-0.1, -0.05) is 58.3 Å². The molecule has 1 saturated carbocycles. The van der Waals surface area contributed by atoms with Gasteiger partial charge in [-0.3, -0.25) is 4.79 Å². The Morgan fingerprint density at radius 3 is 2.14 bits per heavy atom. The second-order valence-corrected chi connectivity index (χ2v) is 6.38. The fraction of sp³-hybridized carbons (Fsp3) is 0.941. The molecule has 0 bridgehead atoms. The van der Waals surface area contributed by atoms with Crippen molar-refractivity contribution in [2.45, 2.75) is 90.1 Å². The van der Waals surface area contributed by atoms with Gasteiger partial charge in [0, 0.05) is 12.3 Å². The molecule has 0 saturated heterocycles. The number of ketones is 1. The molecule has 1 aliphatic carbocycles. The summed E-state index contributed by atoms with van der Waals surface area (Å²) in [6.07, 6.45) is 5.74. The van der Waals surface area contributed by atoms with E-state index in [9.17, 15) is 18.0 Å². The number of Topliss-reactive ketones (excluding diaryl/α,β-unsaturated/α-hetero) is 1. The van der Waals surface area contributed by atoms with E-state index in [1.54, 1.807) is 0 Å². The summed E-state index contributed by atoms with van der Waals surface area (Å²) >= 11 is 0. The molecule has 4 heteroatoms. The average molecular weight is 306 g/mol. The normalized spacial score (nSPS) is 23.2. The van der Waals surface area contributed by atoms with Crippen LogP contribution >= 0.6 is 0 Å². The first kappa shape index (κ1) is 18.5. The molecule has 1 nitrogen and oxygen atoms in total. The zero-order valence-corrected chi connectivity index (χ0v) is 13.2. The molecule has 0 N–H and O–H groups in total. The number of carbonyl (C=O) groups excluding carboxylic acids is 1. The van der Waals surface area contributed by atoms with E-state index >= 15 is 0 Å². The van der Waals surface area contributed by atoms with Gasteiger partial charge in [0.25, 0.3) is 0 Å². The molecule has 21 heavy (non-hydrogen) atoms. The predicted octanol–water partition coefficient (Wildman–Crippen LogP) is 6.06.